The summed E-state index contributed by atoms with van der Waals surface area (Å²) in [5.74, 6) is -0.859. The number of hydrogen-bond acceptors (Lipinski definition) is 3. The number of hydrogen-bond donors (Lipinski definition) is 2. The molecule has 1 aliphatic rings. The monoisotopic (exact) mass is 295 g/mol. The lowest BCUT2D eigenvalue weighted by Gasteiger charge is -2.20. The minimum atomic E-state index is -4.45. The third kappa shape index (κ3) is 2.28. The Balaban J connectivity index is 1.92. The fraction of sp³-hybridized carbons (Fsp3) is 0.286. The molecule has 0 bridgehead atoms. The van der Waals surface area contributed by atoms with Gasteiger partial charge in [0.1, 0.15) is 11.2 Å². The highest BCUT2D eigenvalue weighted by molar-refractivity contribution is 5.99. The van der Waals surface area contributed by atoms with Gasteiger partial charge in [0.15, 0.2) is 0 Å². The predicted octanol–water partition coefficient (Wildman–Crippen LogP) is 2.64. The van der Waals surface area contributed by atoms with Gasteiger partial charge in [0, 0.05) is 11.1 Å². The second kappa shape index (κ2) is 4.34. The van der Waals surface area contributed by atoms with Gasteiger partial charge < -0.3 is 11.1 Å². The molecule has 4 nitrogen and oxygen atoms in total. The van der Waals surface area contributed by atoms with Crippen molar-refractivity contribution in [3.63, 3.8) is 0 Å². The predicted molar refractivity (Wildman–Crippen MR) is 71.6 cm³/mol. The number of alkyl halides is 3. The van der Waals surface area contributed by atoms with Crippen LogP contribution in [0, 0.1) is 0 Å². The average Bonchev–Trinajstić information content (AvgIpc) is 3.19. The van der Waals surface area contributed by atoms with E-state index >= 15 is 0 Å². The summed E-state index contributed by atoms with van der Waals surface area (Å²) in [6.45, 7) is 0. The number of pyridine rings is 1. The van der Waals surface area contributed by atoms with Crippen molar-refractivity contribution in [2.75, 3.05) is 5.73 Å². The number of nitrogens with zero attached hydrogens (tertiary/aromatic N) is 1. The van der Waals surface area contributed by atoms with Gasteiger partial charge in [-0.1, -0.05) is 18.2 Å². The smallest absolute Gasteiger partial charge is 0.398 e. The Morgan fingerprint density at radius 2 is 1.95 bits per heavy atom. The summed E-state index contributed by atoms with van der Waals surface area (Å²) in [7, 11) is 0. The molecule has 1 aromatic carbocycles. The van der Waals surface area contributed by atoms with Crippen LogP contribution in [-0.4, -0.2) is 22.6 Å². The molecule has 7 heteroatoms. The molecule has 110 valence electrons. The molecule has 1 heterocycles. The number of amides is 1. The Bertz CT molecular complexity index is 723. The largest absolute Gasteiger partial charge is 0.411 e. The molecule has 1 aliphatic carbocycles. The quantitative estimate of drug-likeness (QED) is 0.895. The van der Waals surface area contributed by atoms with Gasteiger partial charge in [-0.05, 0) is 25.0 Å². The maximum Gasteiger partial charge on any atom is 0.411 e. The van der Waals surface area contributed by atoms with Crippen molar-refractivity contribution in [1.82, 2.24) is 10.3 Å². The number of carbonyl (C=O) groups is 1. The van der Waals surface area contributed by atoms with Crippen LogP contribution in [0.5, 0.6) is 0 Å². The topological polar surface area (TPSA) is 68.0 Å². The first-order valence-electron chi connectivity index (χ1n) is 6.37. The minimum Gasteiger partial charge on any atom is -0.398 e. The molecule has 0 saturated heterocycles. The lowest BCUT2D eigenvalue weighted by molar-refractivity contribution is -0.163. The lowest BCUT2D eigenvalue weighted by Crippen LogP contribution is -2.48. The van der Waals surface area contributed by atoms with Gasteiger partial charge >= 0.3 is 6.18 Å². The summed E-state index contributed by atoms with van der Waals surface area (Å²) < 4.78 is 38.5. The molecule has 1 fully saturated rings. The van der Waals surface area contributed by atoms with Crippen molar-refractivity contribution in [2.45, 2.75) is 24.6 Å². The maximum atomic E-state index is 12.8. The lowest BCUT2D eigenvalue weighted by atomic mass is 10.1. The van der Waals surface area contributed by atoms with Crippen LogP contribution >= 0.6 is 0 Å². The van der Waals surface area contributed by atoms with Gasteiger partial charge in [-0.3, -0.25) is 4.79 Å². The van der Waals surface area contributed by atoms with Gasteiger partial charge in [-0.2, -0.15) is 13.2 Å². The van der Waals surface area contributed by atoms with E-state index in [-0.39, 0.29) is 18.5 Å². The van der Waals surface area contributed by atoms with Gasteiger partial charge in [-0.25, -0.2) is 4.98 Å². The summed E-state index contributed by atoms with van der Waals surface area (Å²) >= 11 is 0. The second-order valence-corrected chi connectivity index (χ2v) is 5.15. The number of halogens is 3. The van der Waals surface area contributed by atoms with E-state index in [4.69, 9.17) is 5.73 Å². The van der Waals surface area contributed by atoms with Crippen LogP contribution < -0.4 is 11.1 Å². The van der Waals surface area contributed by atoms with Crippen LogP contribution in [0.4, 0.5) is 18.9 Å². The molecule has 0 aliphatic heterocycles. The molecule has 0 spiro atoms. The van der Waals surface area contributed by atoms with Gasteiger partial charge in [0.05, 0.1) is 5.52 Å². The molecule has 3 rings (SSSR count). The first kappa shape index (κ1) is 13.7. The van der Waals surface area contributed by atoms with Gasteiger partial charge in [0.25, 0.3) is 5.91 Å². The number of nitrogens with one attached hydrogen (secondary N) is 1. The Labute approximate surface area is 118 Å². The Morgan fingerprint density at radius 3 is 2.57 bits per heavy atom. The molecule has 3 N–H and O–H groups in total. The Morgan fingerprint density at radius 1 is 1.29 bits per heavy atom. The summed E-state index contributed by atoms with van der Waals surface area (Å²) in [6.07, 6.45) is -4.67. The zero-order valence-electron chi connectivity index (χ0n) is 10.9. The average molecular weight is 295 g/mol. The molecular formula is C14H12F3N3O. The number of nitrogens with two attached hydrogens (primary N) is 1. The standard InChI is InChI=1S/C14H12F3N3O/c15-14(16,17)13(5-6-13)20-12(21)11-7-9(18)8-3-1-2-4-10(8)19-11/h1-4,7H,5-6H2,(H2,18,19)(H,20,21). The van der Waals surface area contributed by atoms with Gasteiger partial charge in [0.2, 0.25) is 0 Å². The van der Waals surface area contributed by atoms with E-state index in [2.05, 4.69) is 4.98 Å². The van der Waals surface area contributed by atoms with E-state index in [1.165, 1.54) is 6.07 Å². The van der Waals surface area contributed by atoms with Crippen LogP contribution in [-0.2, 0) is 0 Å². The fourth-order valence-electron chi connectivity index (χ4n) is 2.20. The Kier molecular flexibility index (Phi) is 2.82. The first-order chi connectivity index (χ1) is 9.82. The van der Waals surface area contributed by atoms with Crippen LogP contribution in [0.3, 0.4) is 0 Å². The molecule has 1 saturated carbocycles. The summed E-state index contributed by atoms with van der Waals surface area (Å²) in [5.41, 5.74) is 4.38. The van der Waals surface area contributed by atoms with Crippen LogP contribution in [0.25, 0.3) is 10.9 Å². The first-order valence-corrected chi connectivity index (χ1v) is 6.37. The zero-order chi connectivity index (χ0) is 15.3. The molecule has 1 aromatic heterocycles. The molecule has 21 heavy (non-hydrogen) atoms. The molecule has 2 aromatic rings. The second-order valence-electron chi connectivity index (χ2n) is 5.15. The number of para-hydroxylation sites is 1. The van der Waals surface area contributed by atoms with E-state index < -0.39 is 17.6 Å². The third-order valence-electron chi connectivity index (χ3n) is 3.63. The number of aromatic nitrogens is 1. The van der Waals surface area contributed by atoms with Crippen molar-refractivity contribution in [1.29, 1.82) is 0 Å². The third-order valence-corrected chi connectivity index (χ3v) is 3.63. The minimum absolute atomic E-state index is 0.106. The number of carbonyl (C=O) groups excluding carboxylic acids is 1. The van der Waals surface area contributed by atoms with Crippen LogP contribution in [0.15, 0.2) is 30.3 Å². The summed E-state index contributed by atoms with van der Waals surface area (Å²) in [5, 5.41) is 2.69. The van der Waals surface area contributed by atoms with Crippen LogP contribution in [0.2, 0.25) is 0 Å². The van der Waals surface area contributed by atoms with Crippen molar-refractivity contribution in [2.24, 2.45) is 0 Å². The number of rotatable bonds is 2. The summed E-state index contributed by atoms with van der Waals surface area (Å²) in [6, 6.07) is 8.16. The number of anilines is 1. The van der Waals surface area contributed by atoms with E-state index in [9.17, 15) is 18.0 Å². The molecule has 0 unspecified atom stereocenters. The van der Waals surface area contributed by atoms with Crippen molar-refractivity contribution in [3.8, 4) is 0 Å². The number of fused-ring (bicyclic) bond motifs is 1. The van der Waals surface area contributed by atoms with Gasteiger partial charge in [-0.15, -0.1) is 0 Å². The fourth-order valence-corrected chi connectivity index (χ4v) is 2.20. The van der Waals surface area contributed by atoms with Crippen LogP contribution in [0.1, 0.15) is 23.3 Å². The normalized spacial score (nSPS) is 16.7. The molecule has 0 atom stereocenters. The van der Waals surface area contributed by atoms with E-state index in [1.54, 1.807) is 24.3 Å². The summed E-state index contributed by atoms with van der Waals surface area (Å²) in [4.78, 5) is 16.1. The Hall–Kier alpha value is -2.31. The van der Waals surface area contributed by atoms with E-state index in [0.29, 0.717) is 16.6 Å². The zero-order valence-corrected chi connectivity index (χ0v) is 10.9. The van der Waals surface area contributed by atoms with Crippen molar-refractivity contribution >= 4 is 22.5 Å². The molecule has 0 radical (unpaired) electrons. The van der Waals surface area contributed by atoms with Crippen molar-refractivity contribution in [3.05, 3.63) is 36.0 Å². The SMILES string of the molecule is Nc1cc(C(=O)NC2(C(F)(F)F)CC2)nc2ccccc12. The number of benzene rings is 1. The maximum absolute atomic E-state index is 12.8. The van der Waals surface area contributed by atoms with E-state index in [1.807, 2.05) is 5.32 Å². The molecular weight excluding hydrogens is 283 g/mol. The highest BCUT2D eigenvalue weighted by atomic mass is 19.4. The van der Waals surface area contributed by atoms with Crippen molar-refractivity contribution < 1.29 is 18.0 Å². The molecule has 1 amide bonds. The highest BCUT2D eigenvalue weighted by Crippen LogP contribution is 2.49. The highest BCUT2D eigenvalue weighted by Gasteiger charge is 2.64. The van der Waals surface area contributed by atoms with E-state index in [0.717, 1.165) is 0 Å². The number of nitrogen functional groups attached to an aromatic ring is 1.